The van der Waals surface area contributed by atoms with E-state index in [4.69, 9.17) is 9.52 Å². The summed E-state index contributed by atoms with van der Waals surface area (Å²) >= 11 is 0. The molecule has 1 saturated heterocycles. The molecule has 1 aliphatic heterocycles. The molecule has 2 amide bonds. The minimum Gasteiger partial charge on any atom is -0.478 e. The first-order valence-electron chi connectivity index (χ1n) is 8.41. The Morgan fingerprint density at radius 3 is 2.42 bits per heavy atom. The van der Waals surface area contributed by atoms with Crippen molar-refractivity contribution in [3.05, 3.63) is 59.0 Å². The molecule has 7 heteroatoms. The van der Waals surface area contributed by atoms with E-state index in [0.29, 0.717) is 37.1 Å². The minimum absolute atomic E-state index is 0.0512. The summed E-state index contributed by atoms with van der Waals surface area (Å²) in [6.45, 7) is 2.84. The van der Waals surface area contributed by atoms with Crippen molar-refractivity contribution in [3.63, 3.8) is 0 Å². The Morgan fingerprint density at radius 1 is 1.12 bits per heavy atom. The summed E-state index contributed by atoms with van der Waals surface area (Å²) < 4.78 is 4.94. The number of carboxylic acids is 1. The van der Waals surface area contributed by atoms with Gasteiger partial charge in [-0.1, -0.05) is 0 Å². The van der Waals surface area contributed by atoms with Gasteiger partial charge < -0.3 is 19.7 Å². The molecule has 0 unspecified atom stereocenters. The van der Waals surface area contributed by atoms with Crippen LogP contribution in [0.4, 0.5) is 0 Å². The van der Waals surface area contributed by atoms with Crippen LogP contribution in [0, 0.1) is 6.92 Å². The topological polar surface area (TPSA) is 99.8 Å². The minimum atomic E-state index is -1.06. The molecule has 0 bridgehead atoms. The van der Waals surface area contributed by atoms with Gasteiger partial charge in [0.2, 0.25) is 0 Å². The molecule has 1 aromatic heterocycles. The molecule has 26 heavy (non-hydrogen) atoms. The van der Waals surface area contributed by atoms with Crippen LogP contribution >= 0.6 is 0 Å². The number of aromatic carboxylic acids is 1. The molecular formula is C19H20N2O5. The summed E-state index contributed by atoms with van der Waals surface area (Å²) in [5, 5.41) is 12.1. The zero-order valence-corrected chi connectivity index (χ0v) is 14.4. The Balaban J connectivity index is 1.58. The van der Waals surface area contributed by atoms with Crippen LogP contribution in [0.25, 0.3) is 0 Å². The second kappa shape index (κ2) is 7.43. The van der Waals surface area contributed by atoms with Gasteiger partial charge in [-0.3, -0.25) is 9.59 Å². The highest BCUT2D eigenvalue weighted by molar-refractivity contribution is 5.98. The number of benzene rings is 1. The number of likely N-dealkylation sites (tertiary alicyclic amines) is 1. The third-order valence-corrected chi connectivity index (χ3v) is 4.47. The van der Waals surface area contributed by atoms with Gasteiger partial charge in [0.05, 0.1) is 17.4 Å². The van der Waals surface area contributed by atoms with Crippen LogP contribution in [0.15, 0.2) is 41.2 Å². The molecule has 1 aromatic carbocycles. The van der Waals surface area contributed by atoms with Crippen molar-refractivity contribution in [3.8, 4) is 0 Å². The van der Waals surface area contributed by atoms with E-state index in [0.717, 1.165) is 5.56 Å². The Hall–Kier alpha value is -3.09. The number of nitrogens with one attached hydrogen (secondary N) is 1. The number of amides is 2. The van der Waals surface area contributed by atoms with Gasteiger partial charge >= 0.3 is 5.97 Å². The van der Waals surface area contributed by atoms with Crippen LogP contribution in [-0.4, -0.2) is 46.9 Å². The molecule has 1 fully saturated rings. The summed E-state index contributed by atoms with van der Waals surface area (Å²) in [4.78, 5) is 37.6. The number of carbonyl (C=O) groups excluding carboxylic acids is 2. The number of carbonyl (C=O) groups is 3. The summed E-state index contributed by atoms with van der Waals surface area (Å²) in [5.74, 6) is -1.43. The van der Waals surface area contributed by atoms with Gasteiger partial charge in [0, 0.05) is 24.7 Å². The predicted octanol–water partition coefficient (Wildman–Crippen LogP) is 2.32. The maximum absolute atomic E-state index is 12.4. The van der Waals surface area contributed by atoms with Gasteiger partial charge in [-0.05, 0) is 49.6 Å². The molecular weight excluding hydrogens is 336 g/mol. The van der Waals surface area contributed by atoms with E-state index < -0.39 is 5.97 Å². The molecule has 0 radical (unpaired) electrons. The summed E-state index contributed by atoms with van der Waals surface area (Å²) in [5.41, 5.74) is 1.67. The average molecular weight is 356 g/mol. The van der Waals surface area contributed by atoms with Gasteiger partial charge in [0.1, 0.15) is 6.26 Å². The normalized spacial score (nSPS) is 14.9. The summed E-state index contributed by atoms with van der Waals surface area (Å²) in [6, 6.07) is 6.15. The van der Waals surface area contributed by atoms with E-state index in [2.05, 4.69) is 5.32 Å². The fourth-order valence-electron chi connectivity index (χ4n) is 3.10. The van der Waals surface area contributed by atoms with Gasteiger partial charge in [-0.25, -0.2) is 4.79 Å². The number of rotatable bonds is 4. The van der Waals surface area contributed by atoms with E-state index in [1.807, 2.05) is 0 Å². The number of nitrogens with zero attached hydrogens (tertiary/aromatic N) is 1. The van der Waals surface area contributed by atoms with Crippen molar-refractivity contribution >= 4 is 17.8 Å². The molecule has 0 saturated carbocycles. The molecule has 2 aromatic rings. The molecule has 7 nitrogen and oxygen atoms in total. The lowest BCUT2D eigenvalue weighted by atomic mass is 10.0. The van der Waals surface area contributed by atoms with Crippen LogP contribution in [-0.2, 0) is 0 Å². The van der Waals surface area contributed by atoms with Crippen molar-refractivity contribution in [2.24, 2.45) is 0 Å². The third kappa shape index (κ3) is 3.93. The van der Waals surface area contributed by atoms with E-state index in [1.165, 1.54) is 24.7 Å². The fraction of sp³-hybridized carbons (Fsp3) is 0.316. The first-order chi connectivity index (χ1) is 12.4. The zero-order chi connectivity index (χ0) is 18.7. The highest BCUT2D eigenvalue weighted by Crippen LogP contribution is 2.16. The first-order valence-corrected chi connectivity index (χ1v) is 8.41. The van der Waals surface area contributed by atoms with Crippen molar-refractivity contribution in [2.75, 3.05) is 13.1 Å². The van der Waals surface area contributed by atoms with Crippen LogP contribution in [0.1, 0.15) is 49.5 Å². The highest BCUT2D eigenvalue weighted by Gasteiger charge is 2.25. The molecule has 1 aliphatic rings. The maximum Gasteiger partial charge on any atom is 0.335 e. The zero-order valence-electron chi connectivity index (χ0n) is 14.4. The smallest absolute Gasteiger partial charge is 0.335 e. The largest absolute Gasteiger partial charge is 0.478 e. The Morgan fingerprint density at radius 2 is 1.81 bits per heavy atom. The van der Waals surface area contributed by atoms with Gasteiger partial charge in [0.25, 0.3) is 11.8 Å². The molecule has 0 atom stereocenters. The second-order valence-corrected chi connectivity index (χ2v) is 6.44. The van der Waals surface area contributed by atoms with Crippen LogP contribution in [0.2, 0.25) is 0 Å². The van der Waals surface area contributed by atoms with E-state index >= 15 is 0 Å². The van der Waals surface area contributed by atoms with Crippen LogP contribution in [0.5, 0.6) is 0 Å². The summed E-state index contributed by atoms with van der Waals surface area (Å²) in [7, 11) is 0. The lowest BCUT2D eigenvalue weighted by molar-refractivity contribution is 0.0688. The SMILES string of the molecule is Cc1cc(C(=O)O)cc(C(=O)NC2CCN(C(=O)c3ccoc3)CC2)c1. The molecule has 2 N–H and O–H groups in total. The van der Waals surface area contributed by atoms with Gasteiger partial charge in [-0.15, -0.1) is 0 Å². The molecule has 2 heterocycles. The number of carboxylic acid groups (broad SMARTS) is 1. The number of furan rings is 1. The lowest BCUT2D eigenvalue weighted by Crippen LogP contribution is -2.46. The fourth-order valence-corrected chi connectivity index (χ4v) is 3.10. The predicted molar refractivity (Wildman–Crippen MR) is 93.2 cm³/mol. The molecule has 0 spiro atoms. The quantitative estimate of drug-likeness (QED) is 0.876. The van der Waals surface area contributed by atoms with Crippen LogP contribution < -0.4 is 5.32 Å². The van der Waals surface area contributed by atoms with Gasteiger partial charge in [-0.2, -0.15) is 0 Å². The number of piperidine rings is 1. The second-order valence-electron chi connectivity index (χ2n) is 6.44. The van der Waals surface area contributed by atoms with Crippen molar-refractivity contribution in [2.45, 2.75) is 25.8 Å². The van der Waals surface area contributed by atoms with E-state index in [9.17, 15) is 14.4 Å². The van der Waals surface area contributed by atoms with Crippen molar-refractivity contribution in [1.29, 1.82) is 0 Å². The van der Waals surface area contributed by atoms with E-state index in [1.54, 1.807) is 24.0 Å². The van der Waals surface area contributed by atoms with Crippen LogP contribution in [0.3, 0.4) is 0 Å². The number of hydrogen-bond acceptors (Lipinski definition) is 4. The maximum atomic E-state index is 12.4. The standard InChI is InChI=1S/C19H20N2O5/c1-12-8-14(10-15(9-12)19(24)25)17(22)20-16-2-5-21(6-3-16)18(23)13-4-7-26-11-13/h4,7-11,16H,2-3,5-6H2,1H3,(H,20,22)(H,24,25). The third-order valence-electron chi connectivity index (χ3n) is 4.47. The number of hydrogen-bond donors (Lipinski definition) is 2. The molecule has 3 rings (SSSR count). The van der Waals surface area contributed by atoms with E-state index in [-0.39, 0.29) is 23.4 Å². The monoisotopic (exact) mass is 356 g/mol. The lowest BCUT2D eigenvalue weighted by Gasteiger charge is -2.32. The molecule has 136 valence electrons. The van der Waals surface area contributed by atoms with Crippen molar-refractivity contribution in [1.82, 2.24) is 10.2 Å². The Kier molecular flexibility index (Phi) is 5.06. The van der Waals surface area contributed by atoms with Gasteiger partial charge in [0.15, 0.2) is 0 Å². The Bertz CT molecular complexity index is 820. The summed E-state index contributed by atoms with van der Waals surface area (Å²) in [6.07, 6.45) is 4.18. The Labute approximate surface area is 150 Å². The number of aryl methyl sites for hydroxylation is 1. The molecule has 0 aliphatic carbocycles. The highest BCUT2D eigenvalue weighted by atomic mass is 16.4. The average Bonchev–Trinajstić information content (AvgIpc) is 3.16. The first kappa shape index (κ1) is 17.7. The van der Waals surface area contributed by atoms with Crippen molar-refractivity contribution < 1.29 is 23.9 Å².